The molecule has 0 saturated carbocycles. The van der Waals surface area contributed by atoms with Gasteiger partial charge in [-0.15, -0.1) is 0 Å². The molecule has 0 aliphatic carbocycles. The molecule has 1 aromatic rings. The number of hydrogen-bond donors (Lipinski definition) is 1. The summed E-state index contributed by atoms with van der Waals surface area (Å²) in [6.07, 6.45) is 3.00. The van der Waals surface area contributed by atoms with Crippen LogP contribution in [0.3, 0.4) is 0 Å². The van der Waals surface area contributed by atoms with Gasteiger partial charge in [0.1, 0.15) is 0 Å². The maximum atomic E-state index is 12.8. The van der Waals surface area contributed by atoms with E-state index in [2.05, 4.69) is 6.92 Å². The quantitative estimate of drug-likeness (QED) is 0.751. The summed E-state index contributed by atoms with van der Waals surface area (Å²) in [5.41, 5.74) is 6.34. The zero-order valence-corrected chi connectivity index (χ0v) is 13.5. The molecule has 0 spiro atoms. The molecule has 0 aromatic heterocycles. The van der Waals surface area contributed by atoms with Crippen molar-refractivity contribution in [1.29, 1.82) is 0 Å². The number of nitrogens with two attached hydrogens (primary N) is 1. The van der Waals surface area contributed by atoms with Gasteiger partial charge in [0.05, 0.1) is 4.90 Å². The van der Waals surface area contributed by atoms with Crippen molar-refractivity contribution in [2.45, 2.75) is 57.5 Å². The molecule has 0 atom stereocenters. The largest absolute Gasteiger partial charge is 0.326 e. The van der Waals surface area contributed by atoms with Gasteiger partial charge in [-0.25, -0.2) is 8.42 Å². The van der Waals surface area contributed by atoms with E-state index in [1.54, 1.807) is 22.5 Å². The van der Waals surface area contributed by atoms with Gasteiger partial charge in [-0.3, -0.25) is 0 Å². The first-order chi connectivity index (χ1) is 9.45. The fourth-order valence-electron chi connectivity index (χ4n) is 2.22. The summed E-state index contributed by atoms with van der Waals surface area (Å²) >= 11 is 0. The molecule has 114 valence electrons. The molecule has 0 fully saturated rings. The first kappa shape index (κ1) is 17.1. The van der Waals surface area contributed by atoms with Crippen LogP contribution in [0.15, 0.2) is 29.2 Å². The zero-order chi connectivity index (χ0) is 15.2. The molecule has 0 radical (unpaired) electrons. The van der Waals surface area contributed by atoms with E-state index in [-0.39, 0.29) is 12.6 Å². The molecule has 1 rings (SSSR count). The Balaban J connectivity index is 3.09. The molecular weight excluding hydrogens is 272 g/mol. The fourth-order valence-corrected chi connectivity index (χ4v) is 4.13. The Morgan fingerprint density at radius 3 is 2.40 bits per heavy atom. The Morgan fingerprint density at radius 1 is 1.20 bits per heavy atom. The van der Waals surface area contributed by atoms with E-state index >= 15 is 0 Å². The molecule has 0 aliphatic rings. The standard InChI is InChI=1S/C15H26N2O2S/c1-4-5-8-11-17(13(2)3)20(18,19)15-10-7-6-9-14(15)12-16/h6-7,9-10,13H,4-5,8,11-12,16H2,1-3H3. The Hall–Kier alpha value is -0.910. The van der Waals surface area contributed by atoms with Gasteiger partial charge < -0.3 is 5.73 Å². The minimum absolute atomic E-state index is 0.0531. The lowest BCUT2D eigenvalue weighted by Crippen LogP contribution is -2.38. The monoisotopic (exact) mass is 298 g/mol. The molecule has 0 unspecified atom stereocenters. The van der Waals surface area contributed by atoms with Crippen molar-refractivity contribution in [3.05, 3.63) is 29.8 Å². The molecule has 0 amide bonds. The maximum absolute atomic E-state index is 12.8. The number of unbranched alkanes of at least 4 members (excludes halogenated alkanes) is 2. The Kier molecular flexibility index (Phi) is 6.65. The third kappa shape index (κ3) is 4.04. The second kappa shape index (κ2) is 7.76. The summed E-state index contributed by atoms with van der Waals surface area (Å²) in [5, 5.41) is 0. The minimum Gasteiger partial charge on any atom is -0.326 e. The van der Waals surface area contributed by atoms with E-state index < -0.39 is 10.0 Å². The molecule has 2 N–H and O–H groups in total. The molecule has 0 aliphatic heterocycles. The van der Waals surface area contributed by atoms with Crippen LogP contribution in [0.4, 0.5) is 0 Å². The number of sulfonamides is 1. The summed E-state index contributed by atoms with van der Waals surface area (Å²) in [7, 11) is -3.47. The third-order valence-corrected chi connectivity index (χ3v) is 5.51. The van der Waals surface area contributed by atoms with Crippen molar-refractivity contribution in [2.75, 3.05) is 6.54 Å². The van der Waals surface area contributed by atoms with Crippen molar-refractivity contribution in [3.8, 4) is 0 Å². The van der Waals surface area contributed by atoms with Crippen LogP contribution < -0.4 is 5.73 Å². The lowest BCUT2D eigenvalue weighted by atomic mass is 10.2. The van der Waals surface area contributed by atoms with Crippen LogP contribution in [-0.2, 0) is 16.6 Å². The van der Waals surface area contributed by atoms with Crippen molar-refractivity contribution in [2.24, 2.45) is 5.73 Å². The lowest BCUT2D eigenvalue weighted by Gasteiger charge is -2.26. The van der Waals surface area contributed by atoms with Gasteiger partial charge >= 0.3 is 0 Å². The molecule has 0 saturated heterocycles. The molecular formula is C15H26N2O2S. The van der Waals surface area contributed by atoms with Crippen LogP contribution >= 0.6 is 0 Å². The first-order valence-corrected chi connectivity index (χ1v) is 8.69. The van der Waals surface area contributed by atoms with Crippen molar-refractivity contribution < 1.29 is 8.42 Å². The van der Waals surface area contributed by atoms with E-state index in [4.69, 9.17) is 5.73 Å². The molecule has 1 aromatic carbocycles. The summed E-state index contributed by atoms with van der Waals surface area (Å²) in [4.78, 5) is 0.340. The third-order valence-electron chi connectivity index (χ3n) is 3.34. The van der Waals surface area contributed by atoms with Crippen molar-refractivity contribution >= 4 is 10.0 Å². The topological polar surface area (TPSA) is 63.4 Å². The second-order valence-corrected chi connectivity index (χ2v) is 7.09. The Bertz CT molecular complexity index is 512. The Morgan fingerprint density at radius 2 is 1.85 bits per heavy atom. The molecule has 20 heavy (non-hydrogen) atoms. The van der Waals surface area contributed by atoms with E-state index in [9.17, 15) is 8.42 Å². The van der Waals surface area contributed by atoms with Crippen LogP contribution in [0.5, 0.6) is 0 Å². The van der Waals surface area contributed by atoms with Gasteiger partial charge in [0.2, 0.25) is 10.0 Å². The number of nitrogens with zero attached hydrogens (tertiary/aromatic N) is 1. The molecule has 4 nitrogen and oxygen atoms in total. The highest BCUT2D eigenvalue weighted by atomic mass is 32.2. The molecule has 0 heterocycles. The van der Waals surface area contributed by atoms with E-state index in [0.717, 1.165) is 19.3 Å². The van der Waals surface area contributed by atoms with Gasteiger partial charge in [-0.2, -0.15) is 4.31 Å². The summed E-state index contributed by atoms with van der Waals surface area (Å²) in [6.45, 7) is 6.73. The van der Waals surface area contributed by atoms with Crippen LogP contribution in [0, 0.1) is 0 Å². The number of hydrogen-bond acceptors (Lipinski definition) is 3. The predicted octanol–water partition coefficient (Wildman–Crippen LogP) is 2.73. The van der Waals surface area contributed by atoms with Crippen LogP contribution in [0.25, 0.3) is 0 Å². The van der Waals surface area contributed by atoms with Crippen LogP contribution in [0.1, 0.15) is 45.6 Å². The van der Waals surface area contributed by atoms with E-state index in [0.29, 0.717) is 17.0 Å². The van der Waals surface area contributed by atoms with Gasteiger partial charge in [-0.1, -0.05) is 38.0 Å². The zero-order valence-electron chi connectivity index (χ0n) is 12.7. The highest BCUT2D eigenvalue weighted by molar-refractivity contribution is 7.89. The number of benzene rings is 1. The SMILES string of the molecule is CCCCCN(C(C)C)S(=O)(=O)c1ccccc1CN. The average molecular weight is 298 g/mol. The minimum atomic E-state index is -3.47. The first-order valence-electron chi connectivity index (χ1n) is 7.25. The summed E-state index contributed by atoms with van der Waals surface area (Å²) in [5.74, 6) is 0. The second-order valence-electron chi connectivity index (χ2n) is 5.23. The van der Waals surface area contributed by atoms with Gasteiger partial charge in [0.25, 0.3) is 0 Å². The number of rotatable bonds is 8. The van der Waals surface area contributed by atoms with Crippen LogP contribution in [-0.4, -0.2) is 25.3 Å². The van der Waals surface area contributed by atoms with Crippen LogP contribution in [0.2, 0.25) is 0 Å². The maximum Gasteiger partial charge on any atom is 0.243 e. The average Bonchev–Trinajstić information content (AvgIpc) is 2.42. The van der Waals surface area contributed by atoms with Gasteiger partial charge in [-0.05, 0) is 31.9 Å². The molecule has 5 heteroatoms. The van der Waals surface area contributed by atoms with Gasteiger partial charge in [0.15, 0.2) is 0 Å². The fraction of sp³-hybridized carbons (Fsp3) is 0.600. The highest BCUT2D eigenvalue weighted by Gasteiger charge is 2.28. The smallest absolute Gasteiger partial charge is 0.243 e. The lowest BCUT2D eigenvalue weighted by molar-refractivity contribution is 0.345. The summed E-state index contributed by atoms with van der Waals surface area (Å²) < 4.78 is 27.2. The van der Waals surface area contributed by atoms with E-state index in [1.807, 2.05) is 19.9 Å². The highest BCUT2D eigenvalue weighted by Crippen LogP contribution is 2.22. The predicted molar refractivity (Wildman–Crippen MR) is 82.9 cm³/mol. The van der Waals surface area contributed by atoms with E-state index in [1.165, 1.54) is 0 Å². The Labute approximate surface area is 123 Å². The molecule has 0 bridgehead atoms. The van der Waals surface area contributed by atoms with Gasteiger partial charge in [0, 0.05) is 19.1 Å². The van der Waals surface area contributed by atoms with Crippen molar-refractivity contribution in [1.82, 2.24) is 4.31 Å². The van der Waals surface area contributed by atoms with Crippen molar-refractivity contribution in [3.63, 3.8) is 0 Å². The summed E-state index contributed by atoms with van der Waals surface area (Å²) in [6, 6.07) is 6.93. The normalized spacial score (nSPS) is 12.3.